The Kier molecular flexibility index (Phi) is 15.6. The van der Waals surface area contributed by atoms with E-state index in [2.05, 4.69) is 48.1 Å². The van der Waals surface area contributed by atoms with E-state index < -0.39 is 0 Å². The fraction of sp³-hybridized carbons (Fsp3) is 0.600. The van der Waals surface area contributed by atoms with Crippen molar-refractivity contribution in [2.45, 2.75) is 51.5 Å². The lowest BCUT2D eigenvalue weighted by molar-refractivity contribution is -0.234. The minimum Gasteiger partial charge on any atom is -0.379 e. The van der Waals surface area contributed by atoms with E-state index in [0.717, 1.165) is 11.1 Å². The molecule has 1 aliphatic heterocycles. The summed E-state index contributed by atoms with van der Waals surface area (Å²) in [6, 6.07) is 20.3. The van der Waals surface area contributed by atoms with E-state index in [4.69, 9.17) is 38.7 Å². The van der Waals surface area contributed by atoms with Gasteiger partial charge in [0.25, 0.3) is 0 Å². The predicted octanol–water partition coefficient (Wildman–Crippen LogP) is 4.96. The van der Waals surface area contributed by atoms with Crippen molar-refractivity contribution in [1.29, 1.82) is 0 Å². The van der Waals surface area contributed by atoms with Crippen molar-refractivity contribution in [3.63, 3.8) is 0 Å². The molecule has 1 aliphatic rings. The Morgan fingerprint density at radius 3 is 1.75 bits per heavy atom. The number of ether oxygens (including phenoxy) is 7. The van der Waals surface area contributed by atoms with E-state index in [1.54, 1.807) is 0 Å². The van der Waals surface area contributed by atoms with E-state index in [1.807, 2.05) is 36.4 Å². The largest absolute Gasteiger partial charge is 0.379 e. The molecule has 1 saturated heterocycles. The van der Waals surface area contributed by atoms with Crippen LogP contribution in [0.3, 0.4) is 0 Å². The van der Waals surface area contributed by atoms with Crippen molar-refractivity contribution in [3.05, 3.63) is 82.2 Å². The quantitative estimate of drug-likeness (QED) is 0.0979. The second-order valence-electron chi connectivity index (χ2n) is 9.63. The summed E-state index contributed by atoms with van der Waals surface area (Å²) in [5, 5.41) is 3.40. The van der Waals surface area contributed by atoms with Crippen molar-refractivity contribution < 1.29 is 33.2 Å². The van der Waals surface area contributed by atoms with Gasteiger partial charge in [-0.15, -0.1) is 0 Å². The molecule has 5 atom stereocenters. The van der Waals surface area contributed by atoms with Crippen LogP contribution in [0.5, 0.6) is 0 Å². The van der Waals surface area contributed by atoms with Crippen LogP contribution in [-0.2, 0) is 46.4 Å². The first-order valence-electron chi connectivity index (χ1n) is 14.0. The van der Waals surface area contributed by atoms with Crippen molar-refractivity contribution in [1.82, 2.24) is 0 Å². The first-order chi connectivity index (χ1) is 19.7. The second-order valence-corrected chi connectivity index (χ2v) is 9.63. The molecule has 10 nitrogen and oxygen atoms in total. The molecule has 10 heteroatoms. The lowest BCUT2D eigenvalue weighted by Crippen LogP contribution is -2.55. The molecule has 0 spiro atoms. The van der Waals surface area contributed by atoms with Gasteiger partial charge in [-0.3, -0.25) is 0 Å². The molecule has 0 bridgehead atoms. The number of hydrogen-bond acceptors (Lipinski definition) is 8. The molecule has 1 heterocycles. The Hall–Kier alpha value is -2.53. The molecule has 0 saturated carbocycles. The Morgan fingerprint density at radius 1 is 0.700 bits per heavy atom. The lowest BCUT2D eigenvalue weighted by atomic mass is 9.87. The molecule has 0 aromatic heterocycles. The van der Waals surface area contributed by atoms with E-state index in [1.165, 1.54) is 0 Å². The zero-order valence-electron chi connectivity index (χ0n) is 23.6. The van der Waals surface area contributed by atoms with E-state index in [9.17, 15) is 0 Å². The van der Waals surface area contributed by atoms with Crippen LogP contribution in [0, 0.1) is 5.92 Å². The standard InChI is InChI=1S/C30H43N3O7/c1-24-29(38-21-26-9-5-3-6-10-26)25(2)40-28(30(24)39-22-27-11-7-4-8-12-27)23-37-20-19-36-18-17-35-16-15-34-14-13-32-33-31/h3-12,24-25,28-30H,13-23H2,1-2H3/t24-,25-,28?,29?,30-/m1/s1. The fourth-order valence-corrected chi connectivity index (χ4v) is 4.61. The molecule has 220 valence electrons. The van der Waals surface area contributed by atoms with Crippen LogP contribution in [0.15, 0.2) is 65.8 Å². The number of rotatable bonds is 20. The number of hydrogen-bond donors (Lipinski definition) is 0. The first-order valence-corrected chi connectivity index (χ1v) is 14.0. The zero-order chi connectivity index (χ0) is 28.3. The fourth-order valence-electron chi connectivity index (χ4n) is 4.61. The first kappa shape index (κ1) is 32.0. The maximum absolute atomic E-state index is 8.20. The number of nitrogens with zero attached hydrogens (tertiary/aromatic N) is 3. The van der Waals surface area contributed by atoms with Crippen molar-refractivity contribution in [3.8, 4) is 0 Å². The van der Waals surface area contributed by atoms with Gasteiger partial charge in [0.05, 0.1) is 84.4 Å². The van der Waals surface area contributed by atoms with Crippen LogP contribution in [-0.4, -0.2) is 83.8 Å². The lowest BCUT2D eigenvalue weighted by Gasteiger charge is -2.44. The SMILES string of the molecule is C[C@@H]1C(OCc2ccccc2)[C@@H](C)OC(COCCOCCOCCOCCN=[N+]=[N-])[C@@H]1OCc1ccccc1. The third-order valence-corrected chi connectivity index (χ3v) is 6.62. The maximum atomic E-state index is 8.20. The molecule has 2 aromatic rings. The monoisotopic (exact) mass is 557 g/mol. The van der Waals surface area contributed by atoms with Crippen LogP contribution in [0.25, 0.3) is 10.4 Å². The van der Waals surface area contributed by atoms with E-state index >= 15 is 0 Å². The van der Waals surface area contributed by atoms with Gasteiger partial charge in [-0.05, 0) is 23.6 Å². The van der Waals surface area contributed by atoms with Crippen LogP contribution in [0.4, 0.5) is 0 Å². The summed E-state index contributed by atoms with van der Waals surface area (Å²) < 4.78 is 41.5. The van der Waals surface area contributed by atoms with E-state index in [0.29, 0.717) is 72.6 Å². The summed E-state index contributed by atoms with van der Waals surface area (Å²) in [6.07, 6.45) is -0.592. The van der Waals surface area contributed by atoms with Gasteiger partial charge in [0.1, 0.15) is 6.10 Å². The zero-order valence-corrected chi connectivity index (χ0v) is 23.6. The maximum Gasteiger partial charge on any atom is 0.108 e. The Balaban J connectivity index is 1.38. The molecule has 40 heavy (non-hydrogen) atoms. The molecule has 0 N–H and O–H groups in total. The van der Waals surface area contributed by atoms with Gasteiger partial charge in [-0.25, -0.2) is 0 Å². The number of benzene rings is 2. The van der Waals surface area contributed by atoms with Crippen molar-refractivity contribution >= 4 is 0 Å². The highest BCUT2D eigenvalue weighted by Crippen LogP contribution is 2.31. The average Bonchev–Trinajstić information content (AvgIpc) is 2.98. The molecule has 2 aromatic carbocycles. The van der Waals surface area contributed by atoms with Crippen molar-refractivity contribution in [2.75, 3.05) is 59.4 Å². The van der Waals surface area contributed by atoms with Crippen molar-refractivity contribution in [2.24, 2.45) is 11.0 Å². The molecular formula is C30H43N3O7. The average molecular weight is 558 g/mol. The summed E-state index contributed by atoms with van der Waals surface area (Å²) in [5.74, 6) is 0.112. The molecule has 3 rings (SSSR count). The van der Waals surface area contributed by atoms with Gasteiger partial charge < -0.3 is 33.2 Å². The Bertz CT molecular complexity index is 962. The Morgan fingerprint density at radius 2 is 1.20 bits per heavy atom. The third kappa shape index (κ3) is 11.9. The summed E-state index contributed by atoms with van der Waals surface area (Å²) in [5.41, 5.74) is 10.5. The van der Waals surface area contributed by atoms with Gasteiger partial charge in [-0.2, -0.15) is 0 Å². The van der Waals surface area contributed by atoms with Gasteiger partial charge in [0.2, 0.25) is 0 Å². The highest BCUT2D eigenvalue weighted by Gasteiger charge is 2.43. The molecule has 0 aliphatic carbocycles. The normalized spacial score (nSPS) is 22.6. The van der Waals surface area contributed by atoms with E-state index in [-0.39, 0.29) is 30.3 Å². The molecule has 2 unspecified atom stereocenters. The second kappa shape index (κ2) is 19.5. The third-order valence-electron chi connectivity index (χ3n) is 6.62. The number of azide groups is 1. The van der Waals surface area contributed by atoms with Crippen LogP contribution in [0.1, 0.15) is 25.0 Å². The van der Waals surface area contributed by atoms with Crippen LogP contribution < -0.4 is 0 Å². The van der Waals surface area contributed by atoms with Gasteiger partial charge in [0, 0.05) is 17.4 Å². The summed E-state index contributed by atoms with van der Waals surface area (Å²) in [6.45, 7) is 9.15. The van der Waals surface area contributed by atoms with Gasteiger partial charge in [0.15, 0.2) is 0 Å². The molecule has 0 radical (unpaired) electrons. The smallest absolute Gasteiger partial charge is 0.108 e. The molecule has 1 fully saturated rings. The minimum absolute atomic E-state index is 0.0969. The van der Waals surface area contributed by atoms with Crippen LogP contribution in [0.2, 0.25) is 0 Å². The topological polar surface area (TPSA) is 113 Å². The summed E-state index contributed by atoms with van der Waals surface area (Å²) in [4.78, 5) is 2.67. The predicted molar refractivity (Wildman–Crippen MR) is 151 cm³/mol. The summed E-state index contributed by atoms with van der Waals surface area (Å²) in [7, 11) is 0. The minimum atomic E-state index is -0.215. The Labute approximate surface area is 237 Å². The highest BCUT2D eigenvalue weighted by molar-refractivity contribution is 5.14. The van der Waals surface area contributed by atoms with Gasteiger partial charge in [-0.1, -0.05) is 72.7 Å². The highest BCUT2D eigenvalue weighted by atomic mass is 16.6. The molecule has 0 amide bonds. The van der Waals surface area contributed by atoms with Crippen LogP contribution >= 0.6 is 0 Å². The summed E-state index contributed by atoms with van der Waals surface area (Å²) >= 11 is 0. The molecular weight excluding hydrogens is 514 g/mol. The van der Waals surface area contributed by atoms with Gasteiger partial charge >= 0.3 is 0 Å².